The lowest BCUT2D eigenvalue weighted by Crippen LogP contribution is -2.36. The maximum absolute atomic E-state index is 11.9. The molecule has 2 unspecified atom stereocenters. The molecule has 0 aliphatic carbocycles. The van der Waals surface area contributed by atoms with E-state index in [1.807, 2.05) is 32.0 Å². The van der Waals surface area contributed by atoms with E-state index in [2.05, 4.69) is 28.2 Å². The number of hydrogen-bond donors (Lipinski definition) is 2. The lowest BCUT2D eigenvalue weighted by molar-refractivity contribution is -0.123. The number of nitrogens with one attached hydrogen (secondary N) is 1. The third-order valence-electron chi connectivity index (χ3n) is 3.07. The summed E-state index contributed by atoms with van der Waals surface area (Å²) in [4.78, 5) is 11.9. The molecule has 2 atom stereocenters. The molecular formula is C16H25BrN2O2. The molecule has 118 valence electrons. The number of benzene rings is 1. The van der Waals surface area contributed by atoms with Gasteiger partial charge >= 0.3 is 0 Å². The van der Waals surface area contributed by atoms with E-state index in [9.17, 15) is 4.79 Å². The topological polar surface area (TPSA) is 64.3 Å². The van der Waals surface area contributed by atoms with Crippen LogP contribution in [0, 0.1) is 0 Å². The minimum atomic E-state index is -0.0987. The minimum Gasteiger partial charge on any atom is -0.482 e. The van der Waals surface area contributed by atoms with Crippen molar-refractivity contribution >= 4 is 21.8 Å². The van der Waals surface area contributed by atoms with Gasteiger partial charge in [0.25, 0.3) is 5.91 Å². The summed E-state index contributed by atoms with van der Waals surface area (Å²) in [5.74, 6) is 0.603. The molecule has 0 saturated carbocycles. The summed E-state index contributed by atoms with van der Waals surface area (Å²) < 4.78 is 6.54. The number of carbonyl (C=O) groups is 1. The van der Waals surface area contributed by atoms with Gasteiger partial charge in [0.1, 0.15) is 5.75 Å². The Kier molecular flexibility index (Phi) is 7.75. The summed E-state index contributed by atoms with van der Waals surface area (Å²) in [5.41, 5.74) is 6.86. The third kappa shape index (κ3) is 6.48. The molecule has 1 amide bonds. The van der Waals surface area contributed by atoms with E-state index < -0.39 is 0 Å². The molecule has 0 aliphatic rings. The van der Waals surface area contributed by atoms with Gasteiger partial charge in [-0.1, -0.05) is 25.5 Å². The Bertz CT molecular complexity index is 464. The molecule has 0 aliphatic heterocycles. The van der Waals surface area contributed by atoms with Gasteiger partial charge in [0.15, 0.2) is 6.61 Å². The second-order valence-corrected chi connectivity index (χ2v) is 6.31. The summed E-state index contributed by atoms with van der Waals surface area (Å²) in [7, 11) is 0. The van der Waals surface area contributed by atoms with Crippen molar-refractivity contribution in [1.29, 1.82) is 0 Å². The van der Waals surface area contributed by atoms with Gasteiger partial charge in [0.05, 0.1) is 4.47 Å². The normalized spacial score (nSPS) is 13.6. The Morgan fingerprint density at radius 2 is 2.14 bits per heavy atom. The largest absolute Gasteiger partial charge is 0.482 e. The predicted octanol–water partition coefficient (Wildman–Crippen LogP) is 3.02. The van der Waals surface area contributed by atoms with Crippen LogP contribution in [-0.4, -0.2) is 24.6 Å². The van der Waals surface area contributed by atoms with Crippen molar-refractivity contribution in [2.24, 2.45) is 5.73 Å². The zero-order chi connectivity index (χ0) is 15.8. The molecule has 3 N–H and O–H groups in total. The highest BCUT2D eigenvalue weighted by Crippen LogP contribution is 2.29. The number of ether oxygens (including phenoxy) is 1. The molecule has 0 fully saturated rings. The molecule has 0 heterocycles. The summed E-state index contributed by atoms with van der Waals surface area (Å²) in [6.45, 7) is 6.06. The Morgan fingerprint density at radius 3 is 2.76 bits per heavy atom. The average Bonchev–Trinajstić information content (AvgIpc) is 2.37. The number of nitrogens with two attached hydrogens (primary N) is 1. The van der Waals surface area contributed by atoms with Crippen molar-refractivity contribution in [1.82, 2.24) is 5.32 Å². The van der Waals surface area contributed by atoms with Crippen LogP contribution in [0.15, 0.2) is 22.7 Å². The molecule has 21 heavy (non-hydrogen) atoms. The molecule has 1 aromatic carbocycles. The molecular weight excluding hydrogens is 332 g/mol. The second-order valence-electron chi connectivity index (χ2n) is 5.46. The van der Waals surface area contributed by atoms with Crippen molar-refractivity contribution in [3.8, 4) is 5.75 Å². The Hall–Kier alpha value is -1.07. The molecule has 1 aromatic rings. The van der Waals surface area contributed by atoms with E-state index in [4.69, 9.17) is 10.5 Å². The first-order valence-electron chi connectivity index (χ1n) is 7.39. The summed E-state index contributed by atoms with van der Waals surface area (Å²) >= 11 is 3.47. The van der Waals surface area contributed by atoms with Gasteiger partial charge in [0, 0.05) is 12.1 Å². The molecule has 4 nitrogen and oxygen atoms in total. The SMILES string of the molecule is CCCC(C)NC(=O)COc1c(Br)cccc1CC(C)N. The van der Waals surface area contributed by atoms with Gasteiger partial charge in [-0.3, -0.25) is 4.79 Å². The Labute approximate surface area is 135 Å². The number of halogens is 1. The standard InChI is InChI=1S/C16H25BrN2O2/c1-4-6-12(3)19-15(20)10-21-16-13(9-11(2)18)7-5-8-14(16)17/h5,7-8,11-12H,4,6,9-10,18H2,1-3H3,(H,19,20). The van der Waals surface area contributed by atoms with Crippen LogP contribution in [-0.2, 0) is 11.2 Å². The van der Waals surface area contributed by atoms with Crippen molar-refractivity contribution in [2.45, 2.75) is 52.1 Å². The van der Waals surface area contributed by atoms with Crippen LogP contribution >= 0.6 is 15.9 Å². The number of carbonyl (C=O) groups excluding carboxylic acids is 1. The predicted molar refractivity (Wildman–Crippen MR) is 89.5 cm³/mol. The van der Waals surface area contributed by atoms with Gasteiger partial charge in [0.2, 0.25) is 0 Å². The van der Waals surface area contributed by atoms with E-state index in [0.717, 1.165) is 22.9 Å². The molecule has 5 heteroatoms. The van der Waals surface area contributed by atoms with Gasteiger partial charge in [-0.15, -0.1) is 0 Å². The van der Waals surface area contributed by atoms with Crippen molar-refractivity contribution in [3.63, 3.8) is 0 Å². The Balaban J connectivity index is 2.64. The molecule has 0 bridgehead atoms. The van der Waals surface area contributed by atoms with Crippen molar-refractivity contribution < 1.29 is 9.53 Å². The van der Waals surface area contributed by atoms with Gasteiger partial charge in [-0.05, 0) is 54.2 Å². The fraction of sp³-hybridized carbons (Fsp3) is 0.562. The van der Waals surface area contributed by atoms with Crippen LogP contribution in [0.5, 0.6) is 5.75 Å². The Morgan fingerprint density at radius 1 is 1.43 bits per heavy atom. The third-order valence-corrected chi connectivity index (χ3v) is 3.69. The van der Waals surface area contributed by atoms with Crippen molar-refractivity contribution in [3.05, 3.63) is 28.2 Å². The van der Waals surface area contributed by atoms with E-state index in [1.165, 1.54) is 0 Å². The monoisotopic (exact) mass is 356 g/mol. The number of rotatable bonds is 8. The van der Waals surface area contributed by atoms with Gasteiger partial charge < -0.3 is 15.8 Å². The number of amides is 1. The number of para-hydroxylation sites is 1. The van der Waals surface area contributed by atoms with Crippen LogP contribution in [0.2, 0.25) is 0 Å². The second kappa shape index (κ2) is 9.05. The van der Waals surface area contributed by atoms with Gasteiger partial charge in [-0.25, -0.2) is 0 Å². The smallest absolute Gasteiger partial charge is 0.258 e. The maximum Gasteiger partial charge on any atom is 0.258 e. The van der Waals surface area contributed by atoms with Crippen LogP contribution in [0.1, 0.15) is 39.2 Å². The fourth-order valence-corrected chi connectivity index (χ4v) is 2.70. The summed E-state index contributed by atoms with van der Waals surface area (Å²) in [6.07, 6.45) is 2.73. The molecule has 0 aromatic heterocycles. The van der Waals surface area contributed by atoms with E-state index in [0.29, 0.717) is 12.2 Å². The highest BCUT2D eigenvalue weighted by molar-refractivity contribution is 9.10. The molecule has 0 radical (unpaired) electrons. The maximum atomic E-state index is 11.9. The van der Waals surface area contributed by atoms with Gasteiger partial charge in [-0.2, -0.15) is 0 Å². The number of hydrogen-bond acceptors (Lipinski definition) is 3. The zero-order valence-corrected chi connectivity index (χ0v) is 14.6. The van der Waals surface area contributed by atoms with Crippen LogP contribution < -0.4 is 15.8 Å². The highest BCUT2D eigenvalue weighted by atomic mass is 79.9. The zero-order valence-electron chi connectivity index (χ0n) is 13.0. The molecule has 0 spiro atoms. The lowest BCUT2D eigenvalue weighted by Gasteiger charge is -2.16. The summed E-state index contributed by atoms with van der Waals surface area (Å²) in [6, 6.07) is 6.03. The lowest BCUT2D eigenvalue weighted by atomic mass is 10.1. The first kappa shape index (κ1) is 18.0. The minimum absolute atomic E-state index is 0.0165. The van der Waals surface area contributed by atoms with Crippen molar-refractivity contribution in [2.75, 3.05) is 6.61 Å². The van der Waals surface area contributed by atoms with Crippen LogP contribution in [0.4, 0.5) is 0 Å². The quantitative estimate of drug-likeness (QED) is 0.752. The van der Waals surface area contributed by atoms with E-state index in [1.54, 1.807) is 0 Å². The van der Waals surface area contributed by atoms with E-state index in [-0.39, 0.29) is 24.6 Å². The molecule has 0 saturated heterocycles. The molecule has 1 rings (SSSR count). The first-order valence-corrected chi connectivity index (χ1v) is 8.18. The summed E-state index contributed by atoms with van der Waals surface area (Å²) in [5, 5.41) is 2.93. The van der Waals surface area contributed by atoms with Crippen LogP contribution in [0.3, 0.4) is 0 Å². The first-order chi connectivity index (χ1) is 9.93. The fourth-order valence-electron chi connectivity index (χ4n) is 2.18. The van der Waals surface area contributed by atoms with Crippen LogP contribution in [0.25, 0.3) is 0 Å². The van der Waals surface area contributed by atoms with E-state index >= 15 is 0 Å². The highest BCUT2D eigenvalue weighted by Gasteiger charge is 2.13. The average molecular weight is 357 g/mol.